The predicted octanol–water partition coefficient (Wildman–Crippen LogP) is 5.66. The van der Waals surface area contributed by atoms with Gasteiger partial charge in [0.25, 0.3) is 0 Å². The summed E-state index contributed by atoms with van der Waals surface area (Å²) in [7, 11) is -2.17. The van der Waals surface area contributed by atoms with Crippen LogP contribution >= 0.6 is 11.6 Å². The zero-order valence-corrected chi connectivity index (χ0v) is 20.1. The van der Waals surface area contributed by atoms with E-state index in [-0.39, 0.29) is 10.9 Å². The van der Waals surface area contributed by atoms with Gasteiger partial charge in [-0.2, -0.15) is 0 Å². The first-order valence-electron chi connectivity index (χ1n) is 10.6. The van der Waals surface area contributed by atoms with Crippen molar-refractivity contribution < 1.29 is 17.9 Å². The second-order valence-corrected chi connectivity index (χ2v) is 10.2. The molecule has 32 heavy (non-hydrogen) atoms. The van der Waals surface area contributed by atoms with Crippen LogP contribution in [0.1, 0.15) is 54.1 Å². The quantitative estimate of drug-likeness (QED) is 0.320. The van der Waals surface area contributed by atoms with Gasteiger partial charge in [0.15, 0.2) is 0 Å². The Hall–Kier alpha value is -2.41. The highest BCUT2D eigenvalue weighted by molar-refractivity contribution is 7.89. The van der Waals surface area contributed by atoms with Crippen LogP contribution in [0.25, 0.3) is 11.1 Å². The van der Waals surface area contributed by atoms with Gasteiger partial charge >= 0.3 is 5.97 Å². The molecule has 0 saturated carbocycles. The molecule has 1 aromatic carbocycles. The van der Waals surface area contributed by atoms with Gasteiger partial charge in [-0.05, 0) is 77.8 Å². The Morgan fingerprint density at radius 3 is 2.31 bits per heavy atom. The van der Waals surface area contributed by atoms with Gasteiger partial charge in [0.1, 0.15) is 0 Å². The lowest BCUT2D eigenvalue weighted by Crippen LogP contribution is -2.24. The molecule has 0 unspecified atom stereocenters. The number of aryl methyl sites for hydroxylation is 1. The number of unbranched alkanes of at least 4 members (excludes halogenated alkanes) is 1. The lowest BCUT2D eigenvalue weighted by atomic mass is 10.0. The fourth-order valence-electron chi connectivity index (χ4n) is 3.65. The minimum absolute atomic E-state index is 0.195. The minimum atomic E-state index is -3.56. The van der Waals surface area contributed by atoms with Crippen LogP contribution in [-0.4, -0.2) is 28.0 Å². The molecular formula is C25H28ClNO4S. The second-order valence-electron chi connectivity index (χ2n) is 8.03. The molecule has 0 radical (unpaired) electrons. The molecule has 1 aromatic rings. The number of benzene rings is 1. The summed E-state index contributed by atoms with van der Waals surface area (Å²) in [5.74, 6) is 0.0273. The highest BCUT2D eigenvalue weighted by atomic mass is 35.5. The van der Waals surface area contributed by atoms with Crippen molar-refractivity contribution in [2.45, 2.75) is 43.9 Å². The van der Waals surface area contributed by atoms with Crippen molar-refractivity contribution in [2.75, 3.05) is 13.7 Å². The lowest BCUT2D eigenvalue weighted by molar-refractivity contribution is 0.0602. The highest BCUT2D eigenvalue weighted by Crippen LogP contribution is 2.34. The minimum Gasteiger partial charge on any atom is -0.465 e. The molecule has 0 aliphatic heterocycles. The standard InChI is InChI=1S/C25H28ClNO4S/c1-17(2)18-7-13-22-19(16-24(25(28)31-3)23(22)14-8-18)6-4-5-15-27-32(29,30)21-11-9-20(26)10-12-21/h7-14,16-17,27H,4-6,15H2,1-3H3/i16+2. The van der Waals surface area contributed by atoms with E-state index in [0.29, 0.717) is 29.5 Å². The van der Waals surface area contributed by atoms with E-state index in [2.05, 4.69) is 36.8 Å². The molecule has 0 amide bonds. The summed E-state index contributed by atoms with van der Waals surface area (Å²) >= 11 is 5.83. The van der Waals surface area contributed by atoms with Crippen LogP contribution in [-0.2, 0) is 21.2 Å². The molecule has 0 aromatic heterocycles. The van der Waals surface area contributed by atoms with E-state index >= 15 is 0 Å². The van der Waals surface area contributed by atoms with Crippen LogP contribution in [0.3, 0.4) is 0 Å². The molecule has 0 heterocycles. The highest BCUT2D eigenvalue weighted by Gasteiger charge is 2.20. The maximum Gasteiger partial charge on any atom is 0.338 e. The first kappa shape index (κ1) is 24.2. The van der Waals surface area contributed by atoms with Gasteiger partial charge in [-0.1, -0.05) is 49.7 Å². The number of nitrogens with one attached hydrogen (secondary N) is 1. The van der Waals surface area contributed by atoms with Crippen molar-refractivity contribution in [1.29, 1.82) is 0 Å². The van der Waals surface area contributed by atoms with Crippen LogP contribution in [0.2, 0.25) is 5.02 Å². The Labute approximate surface area is 195 Å². The Bertz CT molecular complexity index is 1160. The normalized spacial score (nSPS) is 11.8. The Morgan fingerprint density at radius 2 is 1.69 bits per heavy atom. The number of methoxy groups -OCH3 is 1. The van der Waals surface area contributed by atoms with Gasteiger partial charge in [-0.15, -0.1) is 0 Å². The van der Waals surface area contributed by atoms with E-state index in [1.807, 2.05) is 12.1 Å². The number of fused-ring (bicyclic) bond motifs is 1. The largest absolute Gasteiger partial charge is 0.465 e. The number of ether oxygens (including phenoxy) is 1. The molecule has 0 bridgehead atoms. The van der Waals surface area contributed by atoms with E-state index < -0.39 is 10.0 Å². The average Bonchev–Trinajstić information content (AvgIpc) is 2.95. The van der Waals surface area contributed by atoms with E-state index in [9.17, 15) is 13.2 Å². The number of hydrogen-bond donors (Lipinski definition) is 1. The monoisotopic (exact) mass is 475 g/mol. The number of sulfonamides is 1. The molecule has 7 heteroatoms. The van der Waals surface area contributed by atoms with Gasteiger partial charge in [-0.3, -0.25) is 0 Å². The zero-order valence-electron chi connectivity index (χ0n) is 18.5. The van der Waals surface area contributed by atoms with Crippen molar-refractivity contribution in [3.05, 3.63) is 76.3 Å². The molecule has 2 aliphatic carbocycles. The summed E-state index contributed by atoms with van der Waals surface area (Å²) in [6.07, 6.45) is 2.18. The number of esters is 1. The Morgan fingerprint density at radius 1 is 1.03 bits per heavy atom. The van der Waals surface area contributed by atoms with E-state index in [1.165, 1.54) is 24.8 Å². The maximum absolute atomic E-state index is 12.4. The third-order valence-corrected chi connectivity index (χ3v) is 7.22. The van der Waals surface area contributed by atoms with Crippen molar-refractivity contribution in [1.82, 2.24) is 4.72 Å². The summed E-state index contributed by atoms with van der Waals surface area (Å²) in [6, 6.07) is 16.2. The van der Waals surface area contributed by atoms with Gasteiger partial charge in [0, 0.05) is 11.6 Å². The molecule has 5 nitrogen and oxygen atoms in total. The fourth-order valence-corrected chi connectivity index (χ4v) is 4.85. The van der Waals surface area contributed by atoms with Crippen LogP contribution in [0.4, 0.5) is 0 Å². The van der Waals surface area contributed by atoms with Crippen LogP contribution in [0.5, 0.6) is 0 Å². The summed E-state index contributed by atoms with van der Waals surface area (Å²) in [5, 5.41) is 0.492. The number of carbonyl (C=O) groups excluding carboxylic acids is 1. The van der Waals surface area contributed by atoms with Crippen molar-refractivity contribution >= 4 is 27.6 Å². The van der Waals surface area contributed by atoms with E-state index in [0.717, 1.165) is 29.5 Å². The Balaban J connectivity index is 1.68. The number of hydrogen-bond acceptors (Lipinski definition) is 4. The first-order valence-corrected chi connectivity index (χ1v) is 12.5. The summed E-state index contributed by atoms with van der Waals surface area (Å²) in [5.41, 5.74) is 4.72. The molecule has 0 fully saturated rings. The molecule has 0 spiro atoms. The van der Waals surface area contributed by atoms with E-state index in [1.54, 1.807) is 12.1 Å². The van der Waals surface area contributed by atoms with Crippen LogP contribution in [0, 0.1) is 0 Å². The lowest BCUT2D eigenvalue weighted by Gasteiger charge is -2.07. The molecule has 1 N–H and O–H groups in total. The molecule has 170 valence electrons. The molecule has 3 rings (SSSR count). The summed E-state index contributed by atoms with van der Waals surface area (Å²) in [4.78, 5) is 12.5. The van der Waals surface area contributed by atoms with Gasteiger partial charge < -0.3 is 4.74 Å². The zero-order chi connectivity index (χ0) is 23.3. The number of rotatable bonds is 9. The summed E-state index contributed by atoms with van der Waals surface area (Å²) < 4.78 is 32.4. The second kappa shape index (κ2) is 10.5. The third kappa shape index (κ3) is 5.68. The molecule has 0 saturated heterocycles. The van der Waals surface area contributed by atoms with Crippen LogP contribution < -0.4 is 4.72 Å². The SMILES string of the molecule is COC(=O)c1[14cH]c(CCCCNS(=O)(=O)c2ccc(Cl)cc2)c2ccc(C(C)C)ccc1-2. The number of halogens is 1. The fraction of sp³-hybridized carbons (Fsp3) is 0.320. The van der Waals surface area contributed by atoms with Crippen molar-refractivity contribution in [2.24, 2.45) is 0 Å². The maximum atomic E-state index is 12.4. The van der Waals surface area contributed by atoms with Crippen molar-refractivity contribution in [3.63, 3.8) is 0 Å². The molecule has 2 aliphatic rings. The van der Waals surface area contributed by atoms with Gasteiger partial charge in [0.2, 0.25) is 10.0 Å². The topological polar surface area (TPSA) is 72.5 Å². The van der Waals surface area contributed by atoms with Gasteiger partial charge in [-0.25, -0.2) is 17.9 Å². The molecule has 0 atom stereocenters. The summed E-state index contributed by atoms with van der Waals surface area (Å²) in [6.45, 7) is 4.60. The van der Waals surface area contributed by atoms with E-state index in [4.69, 9.17) is 16.3 Å². The smallest absolute Gasteiger partial charge is 0.338 e. The third-order valence-electron chi connectivity index (χ3n) is 5.49. The average molecular weight is 476 g/mol. The van der Waals surface area contributed by atoms with Gasteiger partial charge in [0.05, 0.1) is 17.6 Å². The predicted molar refractivity (Wildman–Crippen MR) is 128 cm³/mol. The number of carbonyl (C=O) groups is 1. The van der Waals surface area contributed by atoms with Crippen molar-refractivity contribution in [3.8, 4) is 11.1 Å². The first-order chi connectivity index (χ1) is 15.2. The van der Waals surface area contributed by atoms with Crippen LogP contribution in [0.15, 0.2) is 59.5 Å². The Kier molecular flexibility index (Phi) is 7.93. The molecular weight excluding hydrogens is 448 g/mol.